The van der Waals surface area contributed by atoms with Crippen LogP contribution >= 0.6 is 0 Å². The van der Waals surface area contributed by atoms with Crippen molar-refractivity contribution in [3.63, 3.8) is 0 Å². The van der Waals surface area contributed by atoms with Gasteiger partial charge in [0.05, 0.1) is 24.4 Å². The largest absolute Gasteiger partial charge is 0.374 e. The minimum atomic E-state index is 0.256. The Morgan fingerprint density at radius 3 is 2.70 bits per heavy atom. The molecule has 1 spiro atoms. The molecule has 0 aromatic carbocycles. The van der Waals surface area contributed by atoms with E-state index in [-0.39, 0.29) is 5.60 Å². The summed E-state index contributed by atoms with van der Waals surface area (Å²) in [5.41, 5.74) is 0.256. The first kappa shape index (κ1) is 14.8. The third-order valence-electron chi connectivity index (χ3n) is 5.19. The standard InChI is InChI=1S/C16H30N2O2/c1-18-9-10-19-15(13-18)12-17-11-14-5-8-16(20-14)6-3-2-4-7-16/h14-15,17H,2-13H2,1H3. The Labute approximate surface area is 123 Å². The molecule has 2 atom stereocenters. The van der Waals surface area contributed by atoms with Crippen LogP contribution in [0.5, 0.6) is 0 Å². The van der Waals surface area contributed by atoms with E-state index in [0.29, 0.717) is 12.2 Å². The van der Waals surface area contributed by atoms with Crippen LogP contribution in [0.2, 0.25) is 0 Å². The molecule has 0 amide bonds. The normalized spacial score (nSPS) is 34.6. The summed E-state index contributed by atoms with van der Waals surface area (Å²) in [6.07, 6.45) is 10.00. The van der Waals surface area contributed by atoms with Crippen molar-refractivity contribution >= 4 is 0 Å². The van der Waals surface area contributed by atoms with Crippen molar-refractivity contribution in [1.82, 2.24) is 10.2 Å². The fraction of sp³-hybridized carbons (Fsp3) is 1.00. The van der Waals surface area contributed by atoms with Crippen molar-refractivity contribution in [3.8, 4) is 0 Å². The van der Waals surface area contributed by atoms with Crippen LogP contribution in [0.4, 0.5) is 0 Å². The van der Waals surface area contributed by atoms with E-state index >= 15 is 0 Å². The molecule has 2 saturated heterocycles. The molecule has 3 fully saturated rings. The minimum Gasteiger partial charge on any atom is -0.374 e. The molecule has 3 rings (SSSR count). The second-order valence-electron chi connectivity index (χ2n) is 6.94. The van der Waals surface area contributed by atoms with Crippen LogP contribution in [0.3, 0.4) is 0 Å². The van der Waals surface area contributed by atoms with Gasteiger partial charge in [0.2, 0.25) is 0 Å². The molecule has 1 N–H and O–H groups in total. The number of ether oxygens (including phenoxy) is 2. The van der Waals surface area contributed by atoms with Crippen molar-refractivity contribution in [1.29, 1.82) is 0 Å². The van der Waals surface area contributed by atoms with Crippen LogP contribution < -0.4 is 5.32 Å². The van der Waals surface area contributed by atoms with E-state index in [2.05, 4.69) is 17.3 Å². The zero-order chi connectivity index (χ0) is 13.8. The smallest absolute Gasteiger partial charge is 0.0826 e. The minimum absolute atomic E-state index is 0.256. The van der Waals surface area contributed by atoms with Gasteiger partial charge in [-0.2, -0.15) is 0 Å². The highest BCUT2D eigenvalue weighted by Crippen LogP contribution is 2.41. The second-order valence-corrected chi connectivity index (χ2v) is 6.94. The number of nitrogens with zero attached hydrogens (tertiary/aromatic N) is 1. The van der Waals surface area contributed by atoms with E-state index in [0.717, 1.165) is 32.8 Å². The highest BCUT2D eigenvalue weighted by molar-refractivity contribution is 4.91. The van der Waals surface area contributed by atoms with Gasteiger partial charge in [-0.15, -0.1) is 0 Å². The summed E-state index contributed by atoms with van der Waals surface area (Å²) in [6.45, 7) is 4.92. The van der Waals surface area contributed by atoms with Gasteiger partial charge in [0, 0.05) is 26.2 Å². The summed E-state index contributed by atoms with van der Waals surface area (Å²) < 4.78 is 12.2. The molecule has 0 radical (unpaired) electrons. The van der Waals surface area contributed by atoms with Gasteiger partial charge in [-0.1, -0.05) is 19.3 Å². The summed E-state index contributed by atoms with van der Waals surface area (Å²) in [5.74, 6) is 0. The highest BCUT2D eigenvalue weighted by atomic mass is 16.5. The number of hydrogen-bond acceptors (Lipinski definition) is 4. The summed E-state index contributed by atoms with van der Waals surface area (Å²) in [7, 11) is 2.17. The van der Waals surface area contributed by atoms with E-state index in [9.17, 15) is 0 Å². The Bertz CT molecular complexity index is 305. The predicted octanol–water partition coefficient (Wildman–Crippen LogP) is 1.79. The molecule has 116 valence electrons. The first-order valence-corrected chi connectivity index (χ1v) is 8.44. The number of likely N-dealkylation sites (N-methyl/N-ethyl adjacent to an activating group) is 1. The molecule has 4 nitrogen and oxygen atoms in total. The monoisotopic (exact) mass is 282 g/mol. The molecule has 1 aliphatic carbocycles. The van der Waals surface area contributed by atoms with Gasteiger partial charge in [-0.25, -0.2) is 0 Å². The van der Waals surface area contributed by atoms with Gasteiger partial charge in [0.1, 0.15) is 0 Å². The summed E-state index contributed by atoms with van der Waals surface area (Å²) in [6, 6.07) is 0. The van der Waals surface area contributed by atoms with E-state index in [1.54, 1.807) is 0 Å². The molecule has 0 bridgehead atoms. The van der Waals surface area contributed by atoms with Crippen LogP contribution in [0.15, 0.2) is 0 Å². The number of nitrogens with one attached hydrogen (secondary N) is 1. The molecule has 2 unspecified atom stereocenters. The lowest BCUT2D eigenvalue weighted by Gasteiger charge is -2.33. The van der Waals surface area contributed by atoms with Crippen LogP contribution in [0.25, 0.3) is 0 Å². The molecule has 20 heavy (non-hydrogen) atoms. The maximum Gasteiger partial charge on any atom is 0.0826 e. The number of rotatable bonds is 4. The van der Waals surface area contributed by atoms with Gasteiger partial charge in [-0.05, 0) is 32.7 Å². The molecule has 4 heteroatoms. The second kappa shape index (κ2) is 6.73. The molecule has 2 heterocycles. The fourth-order valence-corrected chi connectivity index (χ4v) is 4.00. The van der Waals surface area contributed by atoms with Crippen LogP contribution in [-0.2, 0) is 9.47 Å². The van der Waals surface area contributed by atoms with Gasteiger partial charge < -0.3 is 19.7 Å². The quantitative estimate of drug-likeness (QED) is 0.852. The highest BCUT2D eigenvalue weighted by Gasteiger charge is 2.40. The SMILES string of the molecule is CN1CCOC(CNCC2CCC3(CCCCC3)O2)C1. The van der Waals surface area contributed by atoms with Gasteiger partial charge >= 0.3 is 0 Å². The number of hydrogen-bond donors (Lipinski definition) is 1. The predicted molar refractivity (Wildman–Crippen MR) is 80.0 cm³/mol. The van der Waals surface area contributed by atoms with Crippen molar-refractivity contribution < 1.29 is 9.47 Å². The van der Waals surface area contributed by atoms with Crippen molar-refractivity contribution in [2.24, 2.45) is 0 Å². The summed E-state index contributed by atoms with van der Waals surface area (Å²) in [4.78, 5) is 2.35. The number of morpholine rings is 1. The van der Waals surface area contributed by atoms with Crippen molar-refractivity contribution in [2.45, 2.75) is 62.8 Å². The zero-order valence-corrected chi connectivity index (χ0v) is 12.9. The molecule has 0 aromatic rings. The Hall–Kier alpha value is -0.160. The van der Waals surface area contributed by atoms with Gasteiger partial charge in [-0.3, -0.25) is 0 Å². The van der Waals surface area contributed by atoms with Crippen LogP contribution in [-0.4, -0.2) is 62.5 Å². The van der Waals surface area contributed by atoms with E-state index < -0.39 is 0 Å². The summed E-state index contributed by atoms with van der Waals surface area (Å²) in [5, 5.41) is 3.56. The van der Waals surface area contributed by atoms with Crippen molar-refractivity contribution in [3.05, 3.63) is 0 Å². The summed E-state index contributed by atoms with van der Waals surface area (Å²) >= 11 is 0. The first-order chi connectivity index (χ1) is 9.76. The van der Waals surface area contributed by atoms with E-state index in [4.69, 9.17) is 9.47 Å². The van der Waals surface area contributed by atoms with E-state index in [1.807, 2.05) is 0 Å². The molecule has 2 aliphatic heterocycles. The Morgan fingerprint density at radius 2 is 1.90 bits per heavy atom. The lowest BCUT2D eigenvalue weighted by molar-refractivity contribution is -0.0643. The maximum atomic E-state index is 6.39. The van der Waals surface area contributed by atoms with Crippen LogP contribution in [0.1, 0.15) is 44.9 Å². The van der Waals surface area contributed by atoms with Gasteiger partial charge in [0.25, 0.3) is 0 Å². The zero-order valence-electron chi connectivity index (χ0n) is 12.9. The Morgan fingerprint density at radius 1 is 1.10 bits per heavy atom. The first-order valence-electron chi connectivity index (χ1n) is 8.44. The average Bonchev–Trinajstić information content (AvgIpc) is 2.83. The molecule has 3 aliphatic rings. The maximum absolute atomic E-state index is 6.39. The Kier molecular flexibility index (Phi) is 4.97. The lowest BCUT2D eigenvalue weighted by atomic mass is 9.83. The fourth-order valence-electron chi connectivity index (χ4n) is 4.00. The topological polar surface area (TPSA) is 33.7 Å². The van der Waals surface area contributed by atoms with E-state index in [1.165, 1.54) is 44.9 Å². The van der Waals surface area contributed by atoms with Crippen LogP contribution in [0, 0.1) is 0 Å². The molecular weight excluding hydrogens is 252 g/mol. The molecule has 0 aromatic heterocycles. The third kappa shape index (κ3) is 3.73. The lowest BCUT2D eigenvalue weighted by Crippen LogP contribution is -2.46. The molecular formula is C16H30N2O2. The van der Waals surface area contributed by atoms with Crippen molar-refractivity contribution in [2.75, 3.05) is 39.8 Å². The third-order valence-corrected chi connectivity index (χ3v) is 5.19. The average molecular weight is 282 g/mol. The van der Waals surface area contributed by atoms with Gasteiger partial charge in [0.15, 0.2) is 0 Å². The molecule has 1 saturated carbocycles. The Balaban J connectivity index is 1.35.